The third-order valence-electron chi connectivity index (χ3n) is 3.52. The lowest BCUT2D eigenvalue weighted by Gasteiger charge is -2.16. The summed E-state index contributed by atoms with van der Waals surface area (Å²) in [7, 11) is 3.47. The van der Waals surface area contributed by atoms with Crippen LogP contribution in [0, 0.1) is 0 Å². The Morgan fingerprint density at radius 3 is 2.32 bits per heavy atom. The standard InChI is InChI=1S/C14H27N3O2/c1-17(2)14(19)9-10-15-11-13(18)16-12-7-5-3-4-6-8-12/h12,15H,3-11H2,1-2H3,(H,16,18). The van der Waals surface area contributed by atoms with Crippen molar-refractivity contribution >= 4 is 11.8 Å². The van der Waals surface area contributed by atoms with Gasteiger partial charge in [-0.1, -0.05) is 25.7 Å². The predicted octanol–water partition coefficient (Wildman–Crippen LogP) is 0.893. The second-order valence-electron chi connectivity index (χ2n) is 5.47. The van der Waals surface area contributed by atoms with Crippen molar-refractivity contribution in [3.8, 4) is 0 Å². The van der Waals surface area contributed by atoms with E-state index < -0.39 is 0 Å². The first-order valence-corrected chi connectivity index (χ1v) is 7.30. The van der Waals surface area contributed by atoms with Gasteiger partial charge in [-0.15, -0.1) is 0 Å². The smallest absolute Gasteiger partial charge is 0.234 e. The summed E-state index contributed by atoms with van der Waals surface area (Å²) in [5.74, 6) is 0.126. The van der Waals surface area contributed by atoms with E-state index in [-0.39, 0.29) is 11.8 Å². The number of carbonyl (C=O) groups excluding carboxylic acids is 2. The summed E-state index contributed by atoms with van der Waals surface area (Å²) in [6.07, 6.45) is 7.65. The summed E-state index contributed by atoms with van der Waals surface area (Å²) in [5, 5.41) is 6.09. The number of hydrogen-bond acceptors (Lipinski definition) is 3. The summed E-state index contributed by atoms with van der Waals surface area (Å²) in [5.41, 5.74) is 0. The van der Waals surface area contributed by atoms with E-state index in [1.165, 1.54) is 25.7 Å². The molecule has 1 fully saturated rings. The van der Waals surface area contributed by atoms with Gasteiger partial charge < -0.3 is 15.5 Å². The number of rotatable bonds is 6. The van der Waals surface area contributed by atoms with E-state index >= 15 is 0 Å². The third-order valence-corrected chi connectivity index (χ3v) is 3.52. The van der Waals surface area contributed by atoms with Crippen molar-refractivity contribution in [2.45, 2.75) is 51.0 Å². The van der Waals surface area contributed by atoms with Gasteiger partial charge in [0.2, 0.25) is 11.8 Å². The van der Waals surface area contributed by atoms with Gasteiger partial charge in [0.25, 0.3) is 0 Å². The highest BCUT2D eigenvalue weighted by atomic mass is 16.2. The third kappa shape index (κ3) is 7.15. The van der Waals surface area contributed by atoms with Crippen molar-refractivity contribution in [2.24, 2.45) is 0 Å². The normalized spacial score (nSPS) is 16.7. The maximum Gasteiger partial charge on any atom is 0.234 e. The van der Waals surface area contributed by atoms with Crippen LogP contribution in [0.3, 0.4) is 0 Å². The Hall–Kier alpha value is -1.10. The van der Waals surface area contributed by atoms with Crippen molar-refractivity contribution in [1.29, 1.82) is 0 Å². The molecule has 1 aliphatic rings. The first-order valence-electron chi connectivity index (χ1n) is 7.30. The van der Waals surface area contributed by atoms with E-state index in [0.29, 0.717) is 25.6 Å². The molecule has 0 unspecified atom stereocenters. The highest BCUT2D eigenvalue weighted by Gasteiger charge is 2.14. The molecule has 0 aliphatic heterocycles. The lowest BCUT2D eigenvalue weighted by atomic mass is 10.1. The van der Waals surface area contributed by atoms with Crippen molar-refractivity contribution in [3.05, 3.63) is 0 Å². The molecular formula is C14H27N3O2. The molecule has 0 radical (unpaired) electrons. The zero-order valence-corrected chi connectivity index (χ0v) is 12.2. The van der Waals surface area contributed by atoms with Crippen LogP contribution in [0.4, 0.5) is 0 Å². The number of carbonyl (C=O) groups is 2. The maximum atomic E-state index is 11.7. The fourth-order valence-corrected chi connectivity index (χ4v) is 2.32. The van der Waals surface area contributed by atoms with E-state index in [1.807, 2.05) is 0 Å². The highest BCUT2D eigenvalue weighted by molar-refractivity contribution is 5.78. The minimum Gasteiger partial charge on any atom is -0.352 e. The summed E-state index contributed by atoms with van der Waals surface area (Å²) in [4.78, 5) is 24.6. The molecule has 1 saturated carbocycles. The Morgan fingerprint density at radius 1 is 1.11 bits per heavy atom. The van der Waals surface area contributed by atoms with Gasteiger partial charge in [0.1, 0.15) is 0 Å². The molecule has 19 heavy (non-hydrogen) atoms. The van der Waals surface area contributed by atoms with Gasteiger partial charge >= 0.3 is 0 Å². The molecule has 0 aromatic rings. The minimum atomic E-state index is 0.0456. The molecule has 0 saturated heterocycles. The van der Waals surface area contributed by atoms with E-state index in [4.69, 9.17) is 0 Å². The van der Waals surface area contributed by atoms with Crippen LogP contribution in [-0.2, 0) is 9.59 Å². The van der Waals surface area contributed by atoms with E-state index in [1.54, 1.807) is 19.0 Å². The zero-order valence-electron chi connectivity index (χ0n) is 12.2. The van der Waals surface area contributed by atoms with Gasteiger partial charge in [-0.3, -0.25) is 9.59 Å². The lowest BCUT2D eigenvalue weighted by molar-refractivity contribution is -0.128. The summed E-state index contributed by atoms with van der Waals surface area (Å²) in [6.45, 7) is 0.853. The summed E-state index contributed by atoms with van der Waals surface area (Å²) in [6, 6.07) is 0.347. The quantitative estimate of drug-likeness (QED) is 0.556. The fourth-order valence-electron chi connectivity index (χ4n) is 2.32. The van der Waals surface area contributed by atoms with Crippen LogP contribution in [-0.4, -0.2) is 49.9 Å². The number of amides is 2. The second-order valence-corrected chi connectivity index (χ2v) is 5.47. The molecule has 0 aromatic heterocycles. The van der Waals surface area contributed by atoms with Crippen molar-refractivity contribution in [1.82, 2.24) is 15.5 Å². The SMILES string of the molecule is CN(C)C(=O)CCNCC(=O)NC1CCCCCC1. The predicted molar refractivity (Wildman–Crippen MR) is 75.8 cm³/mol. The molecule has 1 aliphatic carbocycles. The second kappa shape index (κ2) is 8.91. The molecule has 0 aromatic carbocycles. The van der Waals surface area contributed by atoms with Crippen LogP contribution in [0.5, 0.6) is 0 Å². The van der Waals surface area contributed by atoms with Crippen LogP contribution in [0.25, 0.3) is 0 Å². The molecule has 0 bridgehead atoms. The van der Waals surface area contributed by atoms with Gasteiger partial charge in [0.15, 0.2) is 0 Å². The Balaban J connectivity index is 2.08. The molecule has 5 nitrogen and oxygen atoms in total. The van der Waals surface area contributed by atoms with E-state index in [9.17, 15) is 9.59 Å². The average molecular weight is 269 g/mol. The molecular weight excluding hydrogens is 242 g/mol. The van der Waals surface area contributed by atoms with Gasteiger partial charge in [-0.2, -0.15) is 0 Å². The lowest BCUT2D eigenvalue weighted by Crippen LogP contribution is -2.40. The van der Waals surface area contributed by atoms with Crippen LogP contribution >= 0.6 is 0 Å². The van der Waals surface area contributed by atoms with Crippen LogP contribution in [0.1, 0.15) is 44.9 Å². The van der Waals surface area contributed by atoms with Gasteiger partial charge in [0, 0.05) is 33.1 Å². The fraction of sp³-hybridized carbons (Fsp3) is 0.857. The Kier molecular flexibility index (Phi) is 7.48. The Labute approximate surface area is 116 Å². The van der Waals surface area contributed by atoms with Gasteiger partial charge in [-0.25, -0.2) is 0 Å². The first-order chi connectivity index (χ1) is 9.09. The molecule has 0 heterocycles. The molecule has 2 N–H and O–H groups in total. The van der Waals surface area contributed by atoms with Crippen LogP contribution in [0.2, 0.25) is 0 Å². The molecule has 110 valence electrons. The average Bonchev–Trinajstić information content (AvgIpc) is 2.62. The summed E-state index contributed by atoms with van der Waals surface area (Å²) >= 11 is 0. The molecule has 5 heteroatoms. The first kappa shape index (κ1) is 16.0. The topological polar surface area (TPSA) is 61.4 Å². The Morgan fingerprint density at radius 2 is 1.74 bits per heavy atom. The zero-order chi connectivity index (χ0) is 14.1. The molecule has 0 spiro atoms. The molecule has 2 amide bonds. The molecule has 0 atom stereocenters. The monoisotopic (exact) mass is 269 g/mol. The highest BCUT2D eigenvalue weighted by Crippen LogP contribution is 2.16. The van der Waals surface area contributed by atoms with Crippen molar-refractivity contribution in [2.75, 3.05) is 27.2 Å². The number of hydrogen-bond donors (Lipinski definition) is 2. The van der Waals surface area contributed by atoms with Crippen LogP contribution < -0.4 is 10.6 Å². The van der Waals surface area contributed by atoms with Crippen molar-refractivity contribution in [3.63, 3.8) is 0 Å². The van der Waals surface area contributed by atoms with E-state index in [2.05, 4.69) is 10.6 Å². The van der Waals surface area contributed by atoms with Gasteiger partial charge in [0.05, 0.1) is 6.54 Å². The molecule has 1 rings (SSSR count). The van der Waals surface area contributed by atoms with Crippen LogP contribution in [0.15, 0.2) is 0 Å². The van der Waals surface area contributed by atoms with Crippen molar-refractivity contribution < 1.29 is 9.59 Å². The minimum absolute atomic E-state index is 0.0456. The maximum absolute atomic E-state index is 11.7. The number of nitrogens with one attached hydrogen (secondary N) is 2. The summed E-state index contributed by atoms with van der Waals surface area (Å²) < 4.78 is 0. The number of nitrogens with zero attached hydrogens (tertiary/aromatic N) is 1. The Bertz CT molecular complexity index is 284. The largest absolute Gasteiger partial charge is 0.352 e. The van der Waals surface area contributed by atoms with Gasteiger partial charge in [-0.05, 0) is 12.8 Å². The van der Waals surface area contributed by atoms with E-state index in [0.717, 1.165) is 12.8 Å².